The number of ether oxygens (including phenoxy) is 1. The predicted molar refractivity (Wildman–Crippen MR) is 81.3 cm³/mol. The molecule has 0 aliphatic heterocycles. The summed E-state index contributed by atoms with van der Waals surface area (Å²) >= 11 is 5.98. The maximum absolute atomic E-state index is 12.1. The molecule has 1 atom stereocenters. The Morgan fingerprint density at radius 1 is 1.50 bits per heavy atom. The minimum absolute atomic E-state index is 0.0354. The molecule has 1 fully saturated rings. The molecular formula is C16H22ClNO2. The monoisotopic (exact) mass is 295 g/mol. The predicted octanol–water partition coefficient (Wildman–Crippen LogP) is 3.59. The first-order valence-corrected chi connectivity index (χ1v) is 7.39. The Bertz CT molecular complexity index is 499. The number of benzene rings is 1. The Labute approximate surface area is 125 Å². The van der Waals surface area contributed by atoms with Crippen molar-refractivity contribution in [2.24, 2.45) is 5.41 Å². The summed E-state index contributed by atoms with van der Waals surface area (Å²) in [6, 6.07) is 5.64. The number of carbonyl (C=O) groups excluding carboxylic acids is 1. The molecular weight excluding hydrogens is 274 g/mol. The highest BCUT2D eigenvalue weighted by Crippen LogP contribution is 2.37. The van der Waals surface area contributed by atoms with Gasteiger partial charge in [-0.05, 0) is 42.9 Å². The summed E-state index contributed by atoms with van der Waals surface area (Å²) in [4.78, 5) is 12.1. The molecule has 0 bridgehead atoms. The van der Waals surface area contributed by atoms with Gasteiger partial charge in [0, 0.05) is 16.6 Å². The van der Waals surface area contributed by atoms with Gasteiger partial charge in [0.25, 0.3) is 0 Å². The van der Waals surface area contributed by atoms with Gasteiger partial charge in [-0.25, -0.2) is 0 Å². The second-order valence-corrected chi connectivity index (χ2v) is 6.74. The van der Waals surface area contributed by atoms with E-state index in [1.165, 1.54) is 6.42 Å². The van der Waals surface area contributed by atoms with Gasteiger partial charge in [0.05, 0.1) is 13.5 Å². The van der Waals surface area contributed by atoms with E-state index in [1.54, 1.807) is 25.3 Å². The van der Waals surface area contributed by atoms with Crippen molar-refractivity contribution in [2.75, 3.05) is 7.11 Å². The van der Waals surface area contributed by atoms with E-state index in [2.05, 4.69) is 19.2 Å². The molecule has 0 heterocycles. The number of amides is 1. The summed E-state index contributed by atoms with van der Waals surface area (Å²) in [6.07, 6.45) is 3.58. The number of halogens is 1. The van der Waals surface area contributed by atoms with Gasteiger partial charge in [-0.2, -0.15) is 0 Å². The molecule has 1 aliphatic carbocycles. The number of hydrogen-bond acceptors (Lipinski definition) is 2. The fourth-order valence-electron chi connectivity index (χ4n) is 2.90. The van der Waals surface area contributed by atoms with Gasteiger partial charge in [-0.15, -0.1) is 0 Å². The molecule has 1 aliphatic rings. The Morgan fingerprint density at radius 3 is 2.85 bits per heavy atom. The van der Waals surface area contributed by atoms with Gasteiger partial charge in [-0.3, -0.25) is 4.79 Å². The van der Waals surface area contributed by atoms with E-state index in [-0.39, 0.29) is 5.91 Å². The molecule has 0 radical (unpaired) electrons. The minimum Gasteiger partial charge on any atom is -0.496 e. The van der Waals surface area contributed by atoms with Crippen molar-refractivity contribution in [3.8, 4) is 5.75 Å². The van der Waals surface area contributed by atoms with Crippen LogP contribution in [0.4, 0.5) is 0 Å². The summed E-state index contributed by atoms with van der Waals surface area (Å²) in [6.45, 7) is 4.50. The van der Waals surface area contributed by atoms with E-state index in [0.717, 1.165) is 18.4 Å². The molecule has 1 aromatic carbocycles. The van der Waals surface area contributed by atoms with Crippen LogP contribution in [-0.2, 0) is 11.2 Å². The second kappa shape index (κ2) is 6.04. The third-order valence-corrected chi connectivity index (χ3v) is 4.16. The maximum atomic E-state index is 12.1. The number of carbonyl (C=O) groups is 1. The van der Waals surface area contributed by atoms with Gasteiger partial charge >= 0.3 is 0 Å². The van der Waals surface area contributed by atoms with Crippen molar-refractivity contribution < 1.29 is 9.53 Å². The van der Waals surface area contributed by atoms with Crippen molar-refractivity contribution in [3.05, 3.63) is 28.8 Å². The zero-order valence-electron chi connectivity index (χ0n) is 12.3. The van der Waals surface area contributed by atoms with Crippen LogP contribution in [0.2, 0.25) is 5.02 Å². The molecule has 0 spiro atoms. The summed E-state index contributed by atoms with van der Waals surface area (Å²) in [5, 5.41) is 3.74. The smallest absolute Gasteiger partial charge is 0.224 e. The standard InChI is InChI=1S/C16H22ClNO2/c1-16(2)7-6-13(10-16)18-15(19)9-11-8-12(17)4-5-14(11)20-3/h4-5,8,13H,6-7,9-10H2,1-3H3,(H,18,19). The first kappa shape index (κ1) is 15.2. The van der Waals surface area contributed by atoms with Crippen molar-refractivity contribution >= 4 is 17.5 Å². The third kappa shape index (κ3) is 3.89. The molecule has 2 rings (SSSR count). The summed E-state index contributed by atoms with van der Waals surface area (Å²) in [5.74, 6) is 0.740. The average molecular weight is 296 g/mol. The van der Waals surface area contributed by atoms with Gasteiger partial charge in [0.1, 0.15) is 5.75 Å². The van der Waals surface area contributed by atoms with E-state index in [0.29, 0.717) is 28.6 Å². The zero-order valence-corrected chi connectivity index (χ0v) is 13.1. The van der Waals surface area contributed by atoms with Crippen molar-refractivity contribution in [2.45, 2.75) is 45.6 Å². The Kier molecular flexibility index (Phi) is 4.59. The summed E-state index contributed by atoms with van der Waals surface area (Å²) < 4.78 is 5.27. The lowest BCUT2D eigenvalue weighted by molar-refractivity contribution is -0.121. The van der Waals surface area contributed by atoms with Crippen molar-refractivity contribution in [3.63, 3.8) is 0 Å². The van der Waals surface area contributed by atoms with Gasteiger partial charge in [0.2, 0.25) is 5.91 Å². The lowest BCUT2D eigenvalue weighted by Gasteiger charge is -2.18. The topological polar surface area (TPSA) is 38.3 Å². The summed E-state index contributed by atoms with van der Waals surface area (Å²) in [7, 11) is 1.60. The molecule has 1 unspecified atom stereocenters. The number of methoxy groups -OCH3 is 1. The quantitative estimate of drug-likeness (QED) is 0.922. The van der Waals surface area contributed by atoms with Crippen LogP contribution in [0.3, 0.4) is 0 Å². The van der Waals surface area contributed by atoms with Gasteiger partial charge < -0.3 is 10.1 Å². The largest absolute Gasteiger partial charge is 0.496 e. The number of nitrogens with one attached hydrogen (secondary N) is 1. The fourth-order valence-corrected chi connectivity index (χ4v) is 3.09. The maximum Gasteiger partial charge on any atom is 0.224 e. The van der Waals surface area contributed by atoms with Gasteiger partial charge in [0.15, 0.2) is 0 Å². The van der Waals surface area contributed by atoms with Crippen LogP contribution >= 0.6 is 11.6 Å². The summed E-state index contributed by atoms with van der Waals surface area (Å²) in [5.41, 5.74) is 1.17. The average Bonchev–Trinajstić information content (AvgIpc) is 2.68. The van der Waals surface area contributed by atoms with E-state index >= 15 is 0 Å². The Morgan fingerprint density at radius 2 is 2.25 bits per heavy atom. The zero-order chi connectivity index (χ0) is 14.8. The second-order valence-electron chi connectivity index (χ2n) is 6.30. The van der Waals surface area contributed by atoms with E-state index in [9.17, 15) is 4.79 Å². The van der Waals surface area contributed by atoms with E-state index in [1.807, 2.05) is 0 Å². The first-order chi connectivity index (χ1) is 9.39. The van der Waals surface area contributed by atoms with E-state index < -0.39 is 0 Å². The van der Waals surface area contributed by atoms with E-state index in [4.69, 9.17) is 16.3 Å². The minimum atomic E-state index is 0.0354. The highest BCUT2D eigenvalue weighted by Gasteiger charge is 2.31. The number of hydrogen-bond donors (Lipinski definition) is 1. The van der Waals surface area contributed by atoms with Crippen molar-refractivity contribution in [1.29, 1.82) is 0 Å². The van der Waals surface area contributed by atoms with Crippen LogP contribution in [0.5, 0.6) is 5.75 Å². The molecule has 1 aromatic rings. The molecule has 1 saturated carbocycles. The van der Waals surface area contributed by atoms with Crippen LogP contribution in [0, 0.1) is 5.41 Å². The van der Waals surface area contributed by atoms with Gasteiger partial charge in [-0.1, -0.05) is 25.4 Å². The fraction of sp³-hybridized carbons (Fsp3) is 0.562. The molecule has 0 saturated heterocycles. The lowest BCUT2D eigenvalue weighted by atomic mass is 9.92. The molecule has 20 heavy (non-hydrogen) atoms. The highest BCUT2D eigenvalue weighted by molar-refractivity contribution is 6.30. The highest BCUT2D eigenvalue weighted by atomic mass is 35.5. The normalized spacial score (nSPS) is 20.7. The first-order valence-electron chi connectivity index (χ1n) is 7.01. The van der Waals surface area contributed by atoms with Crippen LogP contribution in [-0.4, -0.2) is 19.1 Å². The molecule has 110 valence electrons. The molecule has 3 nitrogen and oxygen atoms in total. The third-order valence-electron chi connectivity index (χ3n) is 3.93. The lowest BCUT2D eigenvalue weighted by Crippen LogP contribution is -2.34. The molecule has 1 N–H and O–H groups in total. The van der Waals surface area contributed by atoms with Crippen LogP contribution < -0.4 is 10.1 Å². The van der Waals surface area contributed by atoms with Crippen LogP contribution in [0.25, 0.3) is 0 Å². The van der Waals surface area contributed by atoms with Crippen molar-refractivity contribution in [1.82, 2.24) is 5.32 Å². The Hall–Kier alpha value is -1.22. The molecule has 0 aromatic heterocycles. The Balaban J connectivity index is 1.97. The number of rotatable bonds is 4. The van der Waals surface area contributed by atoms with Crippen LogP contribution in [0.15, 0.2) is 18.2 Å². The molecule has 1 amide bonds. The van der Waals surface area contributed by atoms with Crippen LogP contribution in [0.1, 0.15) is 38.7 Å². The SMILES string of the molecule is COc1ccc(Cl)cc1CC(=O)NC1CCC(C)(C)C1. The molecule has 4 heteroatoms.